The van der Waals surface area contributed by atoms with Gasteiger partial charge in [-0.2, -0.15) is 0 Å². The number of hydrogen-bond acceptors (Lipinski definition) is 2. The summed E-state index contributed by atoms with van der Waals surface area (Å²) >= 11 is 0. The van der Waals surface area contributed by atoms with Gasteiger partial charge in [0.15, 0.2) is 0 Å². The van der Waals surface area contributed by atoms with Gasteiger partial charge in [0, 0.05) is 6.42 Å². The molecule has 1 rings (SSSR count). The Hall–Kier alpha value is -1.05. The molecule has 0 radical (unpaired) electrons. The number of ketones is 1. The lowest BCUT2D eigenvalue weighted by Gasteiger charge is -1.96. The van der Waals surface area contributed by atoms with E-state index >= 15 is 0 Å². The Kier molecular flexibility index (Phi) is 3.74. The van der Waals surface area contributed by atoms with Gasteiger partial charge >= 0.3 is 0 Å². The summed E-state index contributed by atoms with van der Waals surface area (Å²) in [5.41, 5.74) is 0. The molecule has 0 aliphatic heterocycles. The second-order valence-electron chi connectivity index (χ2n) is 3.33. The number of hydrogen-bond donors (Lipinski definition) is 0. The molecule has 1 heterocycles. The minimum absolute atomic E-state index is 0.274. The minimum atomic E-state index is 0.274. The molecule has 0 bridgehead atoms. The molecule has 0 fully saturated rings. The number of carbonyl (C=O) groups is 1. The fourth-order valence-corrected chi connectivity index (χ4v) is 1.24. The average Bonchev–Trinajstić information content (AvgIpc) is 2.48. The van der Waals surface area contributed by atoms with Crippen molar-refractivity contribution in [1.29, 1.82) is 0 Å². The van der Waals surface area contributed by atoms with Gasteiger partial charge in [-0.15, -0.1) is 0 Å². The Morgan fingerprint density at radius 1 is 1.46 bits per heavy atom. The Bertz CT molecular complexity index is 273. The van der Waals surface area contributed by atoms with Gasteiger partial charge in [0.25, 0.3) is 0 Å². The van der Waals surface area contributed by atoms with E-state index in [-0.39, 0.29) is 5.78 Å². The molecule has 0 atom stereocenters. The molecular formula is C11H16O2. The van der Waals surface area contributed by atoms with E-state index in [4.69, 9.17) is 4.42 Å². The van der Waals surface area contributed by atoms with E-state index in [2.05, 4.69) is 6.92 Å². The largest absolute Gasteiger partial charge is 0.466 e. The van der Waals surface area contributed by atoms with Crippen LogP contribution in [0.2, 0.25) is 0 Å². The minimum Gasteiger partial charge on any atom is -0.466 e. The molecule has 0 aliphatic rings. The van der Waals surface area contributed by atoms with E-state index < -0.39 is 0 Å². The maximum atomic E-state index is 11.3. The molecule has 2 heteroatoms. The van der Waals surface area contributed by atoms with Crippen LogP contribution in [0.5, 0.6) is 0 Å². The summed E-state index contributed by atoms with van der Waals surface area (Å²) in [7, 11) is 0. The molecule has 0 spiro atoms. The second kappa shape index (κ2) is 4.85. The summed E-state index contributed by atoms with van der Waals surface area (Å²) in [6.45, 7) is 3.98. The molecule has 1 aromatic rings. The van der Waals surface area contributed by atoms with Crippen molar-refractivity contribution in [2.24, 2.45) is 0 Å². The van der Waals surface area contributed by atoms with Gasteiger partial charge in [-0.25, -0.2) is 0 Å². The highest BCUT2D eigenvalue weighted by Gasteiger charge is 2.05. The molecule has 0 amide bonds. The van der Waals surface area contributed by atoms with E-state index in [9.17, 15) is 4.79 Å². The van der Waals surface area contributed by atoms with Crippen molar-refractivity contribution < 1.29 is 9.21 Å². The monoisotopic (exact) mass is 180 g/mol. The van der Waals surface area contributed by atoms with E-state index in [0.717, 1.165) is 24.4 Å². The lowest BCUT2D eigenvalue weighted by Crippen LogP contribution is -2.00. The zero-order valence-corrected chi connectivity index (χ0v) is 8.30. The normalized spacial score (nSPS) is 10.3. The number of rotatable bonds is 5. The summed E-state index contributed by atoms with van der Waals surface area (Å²) in [6, 6.07) is 3.77. The predicted octanol–water partition coefficient (Wildman–Crippen LogP) is 2.89. The van der Waals surface area contributed by atoms with Crippen molar-refractivity contribution in [3.05, 3.63) is 23.7 Å². The molecule has 13 heavy (non-hydrogen) atoms. The van der Waals surface area contributed by atoms with Gasteiger partial charge in [-0.1, -0.05) is 13.3 Å². The van der Waals surface area contributed by atoms with Crippen molar-refractivity contribution in [1.82, 2.24) is 0 Å². The smallest absolute Gasteiger partial charge is 0.140 e. The number of Topliss-reactive ketones (excluding diaryl/α,β-unsaturated/α-hetero) is 1. The molecule has 2 nitrogen and oxygen atoms in total. The van der Waals surface area contributed by atoms with E-state index in [1.807, 2.05) is 19.1 Å². The van der Waals surface area contributed by atoms with Crippen LogP contribution in [-0.4, -0.2) is 5.78 Å². The van der Waals surface area contributed by atoms with Crippen LogP contribution >= 0.6 is 0 Å². The van der Waals surface area contributed by atoms with E-state index in [1.165, 1.54) is 0 Å². The summed E-state index contributed by atoms with van der Waals surface area (Å²) in [5.74, 6) is 1.94. The molecule has 72 valence electrons. The molecule has 0 aromatic carbocycles. The SMILES string of the molecule is CCCCC(=O)Cc1ccc(C)o1. The molecule has 1 aromatic heterocycles. The molecular weight excluding hydrogens is 164 g/mol. The fourth-order valence-electron chi connectivity index (χ4n) is 1.24. The van der Waals surface area contributed by atoms with Gasteiger partial charge in [-0.3, -0.25) is 4.79 Å². The number of aryl methyl sites for hydroxylation is 1. The van der Waals surface area contributed by atoms with Crippen LogP contribution in [0.15, 0.2) is 16.5 Å². The van der Waals surface area contributed by atoms with Gasteiger partial charge < -0.3 is 4.42 Å². The molecule has 0 unspecified atom stereocenters. The predicted molar refractivity (Wildman–Crippen MR) is 51.7 cm³/mol. The second-order valence-corrected chi connectivity index (χ2v) is 3.33. The highest BCUT2D eigenvalue weighted by molar-refractivity contribution is 5.80. The molecule has 0 saturated carbocycles. The van der Waals surface area contributed by atoms with Crippen molar-refractivity contribution >= 4 is 5.78 Å². The summed E-state index contributed by atoms with van der Waals surface area (Å²) in [5, 5.41) is 0. The lowest BCUT2D eigenvalue weighted by atomic mass is 10.1. The number of carbonyl (C=O) groups excluding carboxylic acids is 1. The first kappa shape index (κ1) is 10.0. The Morgan fingerprint density at radius 3 is 2.77 bits per heavy atom. The van der Waals surface area contributed by atoms with Crippen LogP contribution in [0, 0.1) is 6.92 Å². The fraction of sp³-hybridized carbons (Fsp3) is 0.545. The topological polar surface area (TPSA) is 30.2 Å². The maximum absolute atomic E-state index is 11.3. The first-order chi connectivity index (χ1) is 6.22. The van der Waals surface area contributed by atoms with Crippen molar-refractivity contribution in [2.45, 2.75) is 39.5 Å². The van der Waals surface area contributed by atoms with Crippen LogP contribution in [0.3, 0.4) is 0 Å². The van der Waals surface area contributed by atoms with Crippen molar-refractivity contribution in [3.8, 4) is 0 Å². The Balaban J connectivity index is 2.36. The maximum Gasteiger partial charge on any atom is 0.140 e. The van der Waals surface area contributed by atoms with Gasteiger partial charge in [-0.05, 0) is 25.5 Å². The van der Waals surface area contributed by atoms with Gasteiger partial charge in [0.1, 0.15) is 17.3 Å². The van der Waals surface area contributed by atoms with Crippen molar-refractivity contribution in [2.75, 3.05) is 0 Å². The third-order valence-electron chi connectivity index (χ3n) is 1.98. The van der Waals surface area contributed by atoms with Crippen molar-refractivity contribution in [3.63, 3.8) is 0 Å². The van der Waals surface area contributed by atoms with Crippen LogP contribution in [0.1, 0.15) is 37.7 Å². The molecule has 0 N–H and O–H groups in total. The highest BCUT2D eigenvalue weighted by Crippen LogP contribution is 2.09. The highest BCUT2D eigenvalue weighted by atomic mass is 16.3. The quantitative estimate of drug-likeness (QED) is 0.697. The van der Waals surface area contributed by atoms with Gasteiger partial charge in [0.05, 0.1) is 6.42 Å². The third-order valence-corrected chi connectivity index (χ3v) is 1.98. The van der Waals surface area contributed by atoms with E-state index in [0.29, 0.717) is 12.8 Å². The number of furan rings is 1. The Morgan fingerprint density at radius 2 is 2.23 bits per heavy atom. The standard InChI is InChI=1S/C11H16O2/c1-3-4-5-10(12)8-11-7-6-9(2)13-11/h6-7H,3-5,8H2,1-2H3. The Labute approximate surface area is 78.9 Å². The summed E-state index contributed by atoms with van der Waals surface area (Å²) in [6.07, 6.45) is 3.19. The summed E-state index contributed by atoms with van der Waals surface area (Å²) < 4.78 is 5.31. The molecule has 0 aliphatic carbocycles. The van der Waals surface area contributed by atoms with Crippen LogP contribution in [0.25, 0.3) is 0 Å². The third kappa shape index (κ3) is 3.45. The zero-order chi connectivity index (χ0) is 9.68. The zero-order valence-electron chi connectivity index (χ0n) is 8.30. The van der Waals surface area contributed by atoms with Gasteiger partial charge in [0.2, 0.25) is 0 Å². The van der Waals surface area contributed by atoms with Crippen LogP contribution in [0.4, 0.5) is 0 Å². The molecule has 0 saturated heterocycles. The van der Waals surface area contributed by atoms with E-state index in [1.54, 1.807) is 0 Å². The summed E-state index contributed by atoms with van der Waals surface area (Å²) in [4.78, 5) is 11.3. The number of unbranched alkanes of at least 4 members (excludes halogenated alkanes) is 1. The van der Waals surface area contributed by atoms with Crippen LogP contribution in [-0.2, 0) is 11.2 Å². The van der Waals surface area contributed by atoms with Crippen LogP contribution < -0.4 is 0 Å². The average molecular weight is 180 g/mol. The lowest BCUT2D eigenvalue weighted by molar-refractivity contribution is -0.118. The first-order valence-corrected chi connectivity index (χ1v) is 4.79. The first-order valence-electron chi connectivity index (χ1n) is 4.79.